The maximum atomic E-state index is 10.4. The zero-order valence-corrected chi connectivity index (χ0v) is 26.5. The molecule has 0 unspecified atom stereocenters. The maximum Gasteiger partial charge on any atom is 2.00 e. The number of nitrogens with zero attached hydrogens (tertiary/aromatic N) is 2. The van der Waals surface area contributed by atoms with Crippen LogP contribution in [-0.2, 0) is 45.4 Å². The van der Waals surface area contributed by atoms with Gasteiger partial charge in [-0.15, -0.1) is 0 Å². The van der Waals surface area contributed by atoms with E-state index in [0.29, 0.717) is 38.9 Å². The normalized spacial score (nSPS) is 9.57. The van der Waals surface area contributed by atoms with Crippen LogP contribution in [0.2, 0.25) is 0 Å². The Kier molecular flexibility index (Phi) is 46.1. The Morgan fingerprint density at radius 1 is 0.595 bits per heavy atom. The van der Waals surface area contributed by atoms with Gasteiger partial charge in [-0.05, 0) is 51.9 Å². The molecule has 10 nitrogen and oxygen atoms in total. The molecule has 0 aromatic rings. The van der Waals surface area contributed by atoms with Crippen molar-refractivity contribution < 1.29 is 65.8 Å². The van der Waals surface area contributed by atoms with Gasteiger partial charge >= 0.3 is 26.2 Å². The van der Waals surface area contributed by atoms with Gasteiger partial charge in [0.1, 0.15) is 11.6 Å². The average Bonchev–Trinajstić information content (AvgIpc) is 2.81. The van der Waals surface area contributed by atoms with Crippen molar-refractivity contribution in [1.82, 2.24) is 9.80 Å². The molecule has 0 saturated heterocycles. The Labute approximate surface area is 243 Å². The number of hydrogen-bond donors (Lipinski definition) is 2. The number of hydrogen-bond acceptors (Lipinski definition) is 10. The number of aliphatic hydroxyl groups is 2. The molecule has 0 amide bonds. The quantitative estimate of drug-likeness (QED) is 0.208. The van der Waals surface area contributed by atoms with Gasteiger partial charge in [0.25, 0.3) is 0 Å². The molecule has 0 bridgehead atoms. The number of aliphatic hydroxyl groups excluding tert-OH is 2. The van der Waals surface area contributed by atoms with E-state index in [9.17, 15) is 29.4 Å². The third kappa shape index (κ3) is 45.3. The van der Waals surface area contributed by atoms with E-state index < -0.39 is 24.8 Å². The Balaban J connectivity index is -0.000000122. The first kappa shape index (κ1) is 45.9. The summed E-state index contributed by atoms with van der Waals surface area (Å²) in [6, 6.07) is 0. The SMILES string of the molecule is CCCC(=O)CC(=O)[O-].CCCC(=O)CC(=O)[O-].CCN(CC)CCCO.CCN(CC)CCCO.[Zr+2]. The summed E-state index contributed by atoms with van der Waals surface area (Å²) in [7, 11) is 0. The minimum absolute atomic E-state index is 0. The topological polar surface area (TPSA) is 161 Å². The molecular weight excluding hydrogens is 560 g/mol. The van der Waals surface area contributed by atoms with Crippen molar-refractivity contribution >= 4 is 23.5 Å². The molecule has 0 heterocycles. The summed E-state index contributed by atoms with van der Waals surface area (Å²) < 4.78 is 0. The van der Waals surface area contributed by atoms with Crippen LogP contribution < -0.4 is 10.2 Å². The molecule has 0 aliphatic heterocycles. The first-order valence-electron chi connectivity index (χ1n) is 13.1. The van der Waals surface area contributed by atoms with Crippen molar-refractivity contribution in [1.29, 1.82) is 0 Å². The third-order valence-corrected chi connectivity index (χ3v) is 4.79. The molecule has 11 heteroatoms. The van der Waals surface area contributed by atoms with Crippen molar-refractivity contribution in [3.8, 4) is 0 Å². The molecule has 37 heavy (non-hydrogen) atoms. The number of ketones is 2. The monoisotopic (exact) mass is 610 g/mol. The van der Waals surface area contributed by atoms with Crippen molar-refractivity contribution in [2.45, 2.75) is 92.9 Å². The van der Waals surface area contributed by atoms with E-state index in [0.717, 1.165) is 52.1 Å². The second kappa shape index (κ2) is 37.2. The third-order valence-electron chi connectivity index (χ3n) is 4.79. The fourth-order valence-electron chi connectivity index (χ4n) is 2.72. The number of carboxylic acid groups (broad SMARTS) is 2. The standard InChI is InChI=1S/2C7H17NO.2C6H10O3.Zr/c2*1-3-8(4-2)6-5-7-9;2*1-2-3-5(7)4-6(8)9;/h2*9H,3-7H2,1-2H3;2*2-4H2,1H3,(H,8,9);/q;;;;+2/p-2. The second-order valence-electron chi connectivity index (χ2n) is 7.88. The van der Waals surface area contributed by atoms with E-state index in [4.69, 9.17) is 10.2 Å². The van der Waals surface area contributed by atoms with Crippen LogP contribution >= 0.6 is 0 Å². The van der Waals surface area contributed by atoms with E-state index in [1.54, 1.807) is 0 Å². The van der Waals surface area contributed by atoms with Gasteiger partial charge < -0.3 is 39.8 Å². The Morgan fingerprint density at radius 3 is 1.03 bits per heavy atom. The van der Waals surface area contributed by atoms with Gasteiger partial charge in [-0.25, -0.2) is 0 Å². The van der Waals surface area contributed by atoms with E-state index in [-0.39, 0.29) is 37.8 Å². The fraction of sp³-hybridized carbons (Fsp3) is 0.846. The molecule has 0 rings (SSSR count). The van der Waals surface area contributed by atoms with Crippen LogP contribution in [0.4, 0.5) is 0 Å². The van der Waals surface area contributed by atoms with Crippen LogP contribution in [0.5, 0.6) is 0 Å². The molecule has 0 saturated carbocycles. The molecule has 218 valence electrons. The fourth-order valence-corrected chi connectivity index (χ4v) is 2.72. The van der Waals surface area contributed by atoms with Gasteiger partial charge in [0, 0.05) is 63.9 Å². The van der Waals surface area contributed by atoms with Gasteiger partial charge in [0.2, 0.25) is 0 Å². The van der Waals surface area contributed by atoms with Gasteiger partial charge in [-0.2, -0.15) is 0 Å². The summed E-state index contributed by atoms with van der Waals surface area (Å²) in [6.07, 6.45) is 3.02. The Hall–Kier alpha value is -0.997. The largest absolute Gasteiger partial charge is 2.00 e. The van der Waals surface area contributed by atoms with Crippen molar-refractivity contribution in [3.05, 3.63) is 0 Å². The predicted octanol–water partition coefficient (Wildman–Crippen LogP) is 0.410. The first-order chi connectivity index (χ1) is 17.0. The average molecular weight is 612 g/mol. The van der Waals surface area contributed by atoms with Gasteiger partial charge in [0.15, 0.2) is 0 Å². The molecule has 0 spiro atoms. The van der Waals surface area contributed by atoms with Crippen molar-refractivity contribution in [2.75, 3.05) is 52.5 Å². The molecule has 0 atom stereocenters. The summed E-state index contributed by atoms with van der Waals surface area (Å²) in [5.74, 6) is -3.07. The van der Waals surface area contributed by atoms with Crippen LogP contribution in [0.3, 0.4) is 0 Å². The maximum absolute atomic E-state index is 10.4. The molecule has 0 radical (unpaired) electrons. The van der Waals surface area contributed by atoms with E-state index in [1.807, 2.05) is 13.8 Å². The van der Waals surface area contributed by atoms with Crippen LogP contribution in [0.25, 0.3) is 0 Å². The van der Waals surface area contributed by atoms with E-state index >= 15 is 0 Å². The first-order valence-corrected chi connectivity index (χ1v) is 13.1. The second-order valence-corrected chi connectivity index (χ2v) is 7.88. The number of carbonyl (C=O) groups is 4. The van der Waals surface area contributed by atoms with Gasteiger partial charge in [-0.3, -0.25) is 9.59 Å². The molecule has 0 aliphatic rings. The molecule has 0 fully saturated rings. The molecule has 0 aliphatic carbocycles. The predicted molar refractivity (Wildman–Crippen MR) is 138 cm³/mol. The summed E-state index contributed by atoms with van der Waals surface area (Å²) in [5.41, 5.74) is 0. The zero-order chi connectivity index (χ0) is 28.8. The molecule has 0 aromatic carbocycles. The number of carboxylic acids is 2. The van der Waals surface area contributed by atoms with Crippen LogP contribution in [0.15, 0.2) is 0 Å². The van der Waals surface area contributed by atoms with Crippen LogP contribution in [0.1, 0.15) is 92.9 Å². The molecular formula is C26H52N2O8Zr. The Morgan fingerprint density at radius 2 is 0.865 bits per heavy atom. The van der Waals surface area contributed by atoms with Crippen LogP contribution in [0, 0.1) is 0 Å². The summed E-state index contributed by atoms with van der Waals surface area (Å²) in [4.78, 5) is 45.0. The van der Waals surface area contributed by atoms with Gasteiger partial charge in [-0.1, -0.05) is 41.5 Å². The van der Waals surface area contributed by atoms with E-state index in [2.05, 4.69) is 37.5 Å². The zero-order valence-electron chi connectivity index (χ0n) is 24.1. The van der Waals surface area contributed by atoms with Crippen molar-refractivity contribution in [3.63, 3.8) is 0 Å². The molecule has 0 aromatic heterocycles. The molecule has 2 N–H and O–H groups in total. The summed E-state index contributed by atoms with van der Waals surface area (Å²) in [5, 5.41) is 36.5. The van der Waals surface area contributed by atoms with Crippen LogP contribution in [-0.4, -0.2) is 96.0 Å². The van der Waals surface area contributed by atoms with Crippen molar-refractivity contribution in [2.24, 2.45) is 0 Å². The number of rotatable bonds is 18. The minimum Gasteiger partial charge on any atom is -0.550 e. The smallest absolute Gasteiger partial charge is 0.550 e. The number of carbonyl (C=O) groups excluding carboxylic acids is 4. The summed E-state index contributed by atoms with van der Waals surface area (Å²) >= 11 is 0. The number of aliphatic carboxylic acids is 2. The number of Topliss-reactive ketones (excluding diaryl/α,β-unsaturated/α-hetero) is 2. The van der Waals surface area contributed by atoms with E-state index in [1.165, 1.54) is 0 Å². The minimum atomic E-state index is -1.28. The Bertz CT molecular complexity index is 483. The summed E-state index contributed by atoms with van der Waals surface area (Å²) in [6.45, 7) is 19.3. The van der Waals surface area contributed by atoms with Gasteiger partial charge in [0.05, 0.1) is 0 Å².